The van der Waals surface area contributed by atoms with Crippen molar-refractivity contribution in [1.82, 2.24) is 0 Å². The molecule has 0 amide bonds. The van der Waals surface area contributed by atoms with Crippen LogP contribution in [-0.2, 0) is 4.79 Å². The highest BCUT2D eigenvalue weighted by atomic mass is 16.1. The molecule has 0 heterocycles. The minimum absolute atomic E-state index is 0.136. The van der Waals surface area contributed by atoms with E-state index >= 15 is 0 Å². The Morgan fingerprint density at radius 1 is 1.50 bits per heavy atom. The Morgan fingerprint density at radius 2 is 2.17 bits per heavy atom. The SMILES string of the molecule is C=CC(=O)C[C@H]1CCCC[C@H]1N. The number of hydrogen-bond donors (Lipinski definition) is 1. The van der Waals surface area contributed by atoms with Crippen LogP contribution in [0.15, 0.2) is 12.7 Å². The molecule has 2 N–H and O–H groups in total. The number of allylic oxidation sites excluding steroid dienone is 1. The van der Waals surface area contributed by atoms with Gasteiger partial charge < -0.3 is 5.73 Å². The van der Waals surface area contributed by atoms with E-state index in [1.54, 1.807) is 0 Å². The fourth-order valence-electron chi connectivity index (χ4n) is 1.83. The van der Waals surface area contributed by atoms with E-state index in [4.69, 9.17) is 5.73 Å². The van der Waals surface area contributed by atoms with Crippen LogP contribution >= 0.6 is 0 Å². The lowest BCUT2D eigenvalue weighted by Gasteiger charge is -2.27. The van der Waals surface area contributed by atoms with E-state index in [1.165, 1.54) is 18.9 Å². The highest BCUT2D eigenvalue weighted by Crippen LogP contribution is 2.25. The Hall–Kier alpha value is -0.630. The van der Waals surface area contributed by atoms with Gasteiger partial charge in [0.15, 0.2) is 5.78 Å². The predicted molar refractivity (Wildman–Crippen MR) is 49.8 cm³/mol. The van der Waals surface area contributed by atoms with Crippen LogP contribution in [0.2, 0.25) is 0 Å². The molecule has 0 unspecified atom stereocenters. The Labute approximate surface area is 73.8 Å². The van der Waals surface area contributed by atoms with Gasteiger partial charge in [0.1, 0.15) is 0 Å². The smallest absolute Gasteiger partial charge is 0.155 e. The third-order valence-electron chi connectivity index (χ3n) is 2.66. The van der Waals surface area contributed by atoms with Gasteiger partial charge in [-0.1, -0.05) is 19.4 Å². The first-order valence-electron chi connectivity index (χ1n) is 4.65. The fourth-order valence-corrected chi connectivity index (χ4v) is 1.83. The van der Waals surface area contributed by atoms with E-state index in [0.29, 0.717) is 12.3 Å². The van der Waals surface area contributed by atoms with Crippen LogP contribution in [0.1, 0.15) is 32.1 Å². The molecule has 2 atom stereocenters. The number of rotatable bonds is 3. The van der Waals surface area contributed by atoms with Gasteiger partial charge in [-0.3, -0.25) is 4.79 Å². The largest absolute Gasteiger partial charge is 0.327 e. The van der Waals surface area contributed by atoms with Gasteiger partial charge in [-0.2, -0.15) is 0 Å². The van der Waals surface area contributed by atoms with Crippen LogP contribution < -0.4 is 5.73 Å². The molecular formula is C10H17NO. The predicted octanol–water partition coefficient (Wildman–Crippen LogP) is 1.65. The summed E-state index contributed by atoms with van der Waals surface area (Å²) in [5, 5.41) is 0. The van der Waals surface area contributed by atoms with Gasteiger partial charge in [0.2, 0.25) is 0 Å². The van der Waals surface area contributed by atoms with Crippen LogP contribution in [-0.4, -0.2) is 11.8 Å². The molecular weight excluding hydrogens is 150 g/mol. The van der Waals surface area contributed by atoms with Crippen molar-refractivity contribution >= 4 is 5.78 Å². The lowest BCUT2D eigenvalue weighted by Crippen LogP contribution is -2.34. The summed E-state index contributed by atoms with van der Waals surface area (Å²) in [6, 6.07) is 0.239. The molecule has 0 aromatic carbocycles. The zero-order chi connectivity index (χ0) is 8.97. The van der Waals surface area contributed by atoms with Crippen LogP contribution in [0, 0.1) is 5.92 Å². The number of carbonyl (C=O) groups excluding carboxylic acids is 1. The Bertz CT molecular complexity index is 177. The lowest BCUT2D eigenvalue weighted by atomic mass is 9.82. The van der Waals surface area contributed by atoms with Gasteiger partial charge in [-0.25, -0.2) is 0 Å². The summed E-state index contributed by atoms with van der Waals surface area (Å²) in [4.78, 5) is 11.1. The average Bonchev–Trinajstić information content (AvgIpc) is 2.09. The van der Waals surface area contributed by atoms with Gasteiger partial charge in [-0.05, 0) is 24.8 Å². The second-order valence-electron chi connectivity index (χ2n) is 3.58. The molecule has 1 rings (SSSR count). The zero-order valence-electron chi connectivity index (χ0n) is 7.46. The third kappa shape index (κ3) is 2.45. The van der Waals surface area contributed by atoms with E-state index in [-0.39, 0.29) is 11.8 Å². The molecule has 0 aliphatic heterocycles. The average molecular weight is 167 g/mol. The van der Waals surface area contributed by atoms with Crippen molar-refractivity contribution in [1.29, 1.82) is 0 Å². The van der Waals surface area contributed by atoms with E-state index in [0.717, 1.165) is 12.8 Å². The quantitative estimate of drug-likeness (QED) is 0.649. The molecule has 68 valence electrons. The molecule has 0 spiro atoms. The molecule has 0 saturated heterocycles. The van der Waals surface area contributed by atoms with Crippen LogP contribution in [0.4, 0.5) is 0 Å². The number of nitrogens with two attached hydrogens (primary N) is 1. The zero-order valence-corrected chi connectivity index (χ0v) is 7.46. The minimum atomic E-state index is 0.136. The molecule has 0 radical (unpaired) electrons. The molecule has 1 aliphatic rings. The van der Waals surface area contributed by atoms with E-state index in [9.17, 15) is 4.79 Å². The first-order chi connectivity index (χ1) is 5.74. The van der Waals surface area contributed by atoms with Crippen molar-refractivity contribution in [3.05, 3.63) is 12.7 Å². The summed E-state index contributed by atoms with van der Waals surface area (Å²) >= 11 is 0. The first kappa shape index (κ1) is 9.46. The van der Waals surface area contributed by atoms with Crippen molar-refractivity contribution in [2.75, 3.05) is 0 Å². The summed E-state index contributed by atoms with van der Waals surface area (Å²) in [5.41, 5.74) is 5.90. The monoisotopic (exact) mass is 167 g/mol. The van der Waals surface area contributed by atoms with Crippen molar-refractivity contribution in [2.45, 2.75) is 38.1 Å². The second kappa shape index (κ2) is 4.41. The van der Waals surface area contributed by atoms with Gasteiger partial charge in [-0.15, -0.1) is 0 Å². The lowest BCUT2D eigenvalue weighted by molar-refractivity contribution is -0.115. The van der Waals surface area contributed by atoms with Crippen LogP contribution in [0.3, 0.4) is 0 Å². The van der Waals surface area contributed by atoms with E-state index < -0.39 is 0 Å². The molecule has 0 aromatic rings. The Balaban J connectivity index is 2.38. The van der Waals surface area contributed by atoms with Gasteiger partial charge in [0, 0.05) is 12.5 Å². The summed E-state index contributed by atoms with van der Waals surface area (Å²) in [6.45, 7) is 3.46. The highest BCUT2D eigenvalue weighted by molar-refractivity contribution is 5.89. The maximum atomic E-state index is 11.1. The Morgan fingerprint density at radius 3 is 2.75 bits per heavy atom. The van der Waals surface area contributed by atoms with Crippen molar-refractivity contribution in [3.63, 3.8) is 0 Å². The van der Waals surface area contributed by atoms with Gasteiger partial charge in [0.25, 0.3) is 0 Å². The van der Waals surface area contributed by atoms with Gasteiger partial charge in [0.05, 0.1) is 0 Å². The molecule has 2 heteroatoms. The summed E-state index contributed by atoms with van der Waals surface area (Å²) in [6.07, 6.45) is 6.64. The second-order valence-corrected chi connectivity index (χ2v) is 3.58. The molecule has 1 fully saturated rings. The normalized spacial score (nSPS) is 29.8. The topological polar surface area (TPSA) is 43.1 Å². The molecule has 0 bridgehead atoms. The summed E-state index contributed by atoms with van der Waals surface area (Å²) in [7, 11) is 0. The highest BCUT2D eigenvalue weighted by Gasteiger charge is 2.22. The third-order valence-corrected chi connectivity index (χ3v) is 2.66. The van der Waals surface area contributed by atoms with Crippen LogP contribution in [0.5, 0.6) is 0 Å². The van der Waals surface area contributed by atoms with Crippen molar-refractivity contribution < 1.29 is 4.79 Å². The number of ketones is 1. The van der Waals surface area contributed by atoms with Crippen molar-refractivity contribution in [2.24, 2.45) is 11.7 Å². The van der Waals surface area contributed by atoms with Crippen molar-refractivity contribution in [3.8, 4) is 0 Å². The maximum absolute atomic E-state index is 11.1. The first-order valence-corrected chi connectivity index (χ1v) is 4.65. The number of carbonyl (C=O) groups is 1. The van der Waals surface area contributed by atoms with Gasteiger partial charge >= 0.3 is 0 Å². The maximum Gasteiger partial charge on any atom is 0.155 e. The minimum Gasteiger partial charge on any atom is -0.327 e. The Kier molecular flexibility index (Phi) is 3.48. The van der Waals surface area contributed by atoms with Crippen LogP contribution in [0.25, 0.3) is 0 Å². The summed E-state index contributed by atoms with van der Waals surface area (Å²) < 4.78 is 0. The summed E-state index contributed by atoms with van der Waals surface area (Å²) in [5.74, 6) is 0.543. The number of hydrogen-bond acceptors (Lipinski definition) is 2. The fraction of sp³-hybridized carbons (Fsp3) is 0.700. The molecule has 2 nitrogen and oxygen atoms in total. The molecule has 12 heavy (non-hydrogen) atoms. The standard InChI is InChI=1S/C10H17NO/c1-2-9(12)7-8-5-3-4-6-10(8)11/h2,8,10H,1,3-7,11H2/t8-,10-/m1/s1. The van der Waals surface area contributed by atoms with E-state index in [2.05, 4.69) is 6.58 Å². The molecule has 1 saturated carbocycles. The molecule has 1 aliphatic carbocycles. The molecule has 0 aromatic heterocycles. The van der Waals surface area contributed by atoms with E-state index in [1.807, 2.05) is 0 Å².